The maximum Gasteiger partial charge on any atom is 0.264 e. The van der Waals surface area contributed by atoms with Crippen molar-refractivity contribution in [1.82, 2.24) is 10.2 Å². The van der Waals surface area contributed by atoms with Crippen molar-refractivity contribution in [1.29, 1.82) is 0 Å². The highest BCUT2D eigenvalue weighted by molar-refractivity contribution is 7.92. The van der Waals surface area contributed by atoms with Gasteiger partial charge in [0.05, 0.1) is 24.8 Å². The van der Waals surface area contributed by atoms with E-state index in [1.165, 1.54) is 37.3 Å². The van der Waals surface area contributed by atoms with Crippen molar-refractivity contribution in [2.75, 3.05) is 25.1 Å². The molecule has 4 aromatic rings. The van der Waals surface area contributed by atoms with Crippen LogP contribution in [0.1, 0.15) is 48.8 Å². The molecular weight excluding hydrogens is 639 g/mol. The number of benzene rings is 4. The zero-order valence-corrected chi connectivity index (χ0v) is 29.2. The summed E-state index contributed by atoms with van der Waals surface area (Å²) in [6, 6.07) is 29.2. The van der Waals surface area contributed by atoms with Crippen LogP contribution in [0.2, 0.25) is 0 Å². The second kappa shape index (κ2) is 16.5. The number of carbonyl (C=O) groups excluding carboxylic acids is 2. The third kappa shape index (κ3) is 9.00. The van der Waals surface area contributed by atoms with Gasteiger partial charge < -0.3 is 19.7 Å². The van der Waals surface area contributed by atoms with Crippen LogP contribution in [-0.2, 0) is 32.6 Å². The highest BCUT2D eigenvalue weighted by Gasteiger charge is 2.35. The van der Waals surface area contributed by atoms with Crippen LogP contribution >= 0.6 is 0 Å². The van der Waals surface area contributed by atoms with Crippen LogP contribution < -0.4 is 19.1 Å². The first kappa shape index (κ1) is 35.5. The highest BCUT2D eigenvalue weighted by Crippen LogP contribution is 2.34. The Morgan fingerprint density at radius 2 is 1.43 bits per heavy atom. The molecule has 258 valence electrons. The van der Waals surface area contributed by atoms with E-state index in [9.17, 15) is 18.0 Å². The van der Waals surface area contributed by atoms with E-state index in [1.54, 1.807) is 30.3 Å². The third-order valence-electron chi connectivity index (χ3n) is 8.96. The van der Waals surface area contributed by atoms with E-state index in [1.807, 2.05) is 61.5 Å². The summed E-state index contributed by atoms with van der Waals surface area (Å²) in [6.45, 7) is 1.54. The number of nitrogens with one attached hydrogen (secondary N) is 1. The summed E-state index contributed by atoms with van der Waals surface area (Å²) < 4.78 is 40.6. The molecule has 0 bridgehead atoms. The monoisotopic (exact) mass is 683 g/mol. The molecule has 49 heavy (non-hydrogen) atoms. The average molecular weight is 684 g/mol. The molecule has 10 heteroatoms. The standard InChI is InChI=1S/C39H45N3O6S/c1-29-19-21-31(22-20-29)27-41(35(25-30-13-7-4-8-14-30)39(44)40-32-15-9-5-10-16-32)38(43)28-42(49(45,46)34-17-11-6-12-18-34)33-23-24-36(47-2)37(26-33)48-3/h4,6-8,11-14,17-24,26,32,35H,5,9-10,15-16,25,27-28H2,1-3H3,(H,40,44)/t35-/m0/s1. The van der Waals surface area contributed by atoms with Crippen LogP contribution in [0.3, 0.4) is 0 Å². The molecule has 0 aliphatic heterocycles. The molecule has 0 spiro atoms. The minimum atomic E-state index is -4.24. The fraction of sp³-hybridized carbons (Fsp3) is 0.333. The Labute approximate surface area is 289 Å². The smallest absolute Gasteiger partial charge is 0.264 e. The van der Waals surface area contributed by atoms with Crippen LogP contribution in [0.5, 0.6) is 11.5 Å². The second-order valence-corrected chi connectivity index (χ2v) is 14.3. The SMILES string of the molecule is COc1ccc(N(CC(=O)N(Cc2ccc(C)cc2)[C@@H](Cc2ccccc2)C(=O)NC2CCCCC2)S(=O)(=O)c2ccccc2)cc1OC. The molecule has 1 aliphatic carbocycles. The van der Waals surface area contributed by atoms with Gasteiger partial charge in [-0.05, 0) is 55.2 Å². The molecule has 1 fully saturated rings. The first-order valence-corrected chi connectivity index (χ1v) is 18.1. The van der Waals surface area contributed by atoms with Gasteiger partial charge in [0, 0.05) is 25.1 Å². The molecule has 0 aromatic heterocycles. The number of rotatable bonds is 14. The molecule has 1 atom stereocenters. The van der Waals surface area contributed by atoms with E-state index in [0.717, 1.165) is 53.1 Å². The number of aryl methyl sites for hydroxylation is 1. The Hall–Kier alpha value is -4.83. The van der Waals surface area contributed by atoms with Gasteiger partial charge >= 0.3 is 0 Å². The zero-order chi connectivity index (χ0) is 34.8. The van der Waals surface area contributed by atoms with Crippen LogP contribution in [0.4, 0.5) is 5.69 Å². The van der Waals surface area contributed by atoms with Crippen LogP contribution in [-0.4, -0.2) is 58.0 Å². The molecule has 0 unspecified atom stereocenters. The van der Waals surface area contributed by atoms with Gasteiger partial charge in [-0.3, -0.25) is 13.9 Å². The number of ether oxygens (including phenoxy) is 2. The summed E-state index contributed by atoms with van der Waals surface area (Å²) in [5.41, 5.74) is 3.00. The number of amides is 2. The number of carbonyl (C=O) groups is 2. The summed E-state index contributed by atoms with van der Waals surface area (Å²) in [5, 5.41) is 3.24. The van der Waals surface area contributed by atoms with Crippen molar-refractivity contribution >= 4 is 27.5 Å². The Balaban J connectivity index is 1.58. The first-order valence-electron chi connectivity index (χ1n) is 16.7. The molecule has 0 radical (unpaired) electrons. The van der Waals surface area contributed by atoms with Gasteiger partial charge in [0.25, 0.3) is 10.0 Å². The molecule has 1 aliphatic rings. The Morgan fingerprint density at radius 1 is 0.796 bits per heavy atom. The number of methoxy groups -OCH3 is 2. The van der Waals surface area contributed by atoms with Crippen molar-refractivity contribution in [3.05, 3.63) is 120 Å². The summed E-state index contributed by atoms with van der Waals surface area (Å²) in [4.78, 5) is 30.6. The predicted molar refractivity (Wildman–Crippen MR) is 191 cm³/mol. The lowest BCUT2D eigenvalue weighted by atomic mass is 9.94. The molecule has 0 heterocycles. The van der Waals surface area contributed by atoms with Gasteiger partial charge in [-0.25, -0.2) is 8.42 Å². The van der Waals surface area contributed by atoms with Crippen LogP contribution in [0.25, 0.3) is 0 Å². The lowest BCUT2D eigenvalue weighted by molar-refractivity contribution is -0.140. The number of nitrogens with zero attached hydrogens (tertiary/aromatic N) is 2. The molecule has 9 nitrogen and oxygen atoms in total. The summed E-state index contributed by atoms with van der Waals surface area (Å²) >= 11 is 0. The minimum Gasteiger partial charge on any atom is -0.493 e. The van der Waals surface area contributed by atoms with Gasteiger partial charge in [0.1, 0.15) is 12.6 Å². The van der Waals surface area contributed by atoms with Gasteiger partial charge in [0.15, 0.2) is 11.5 Å². The van der Waals surface area contributed by atoms with Crippen molar-refractivity contribution in [2.45, 2.75) is 69.0 Å². The zero-order valence-electron chi connectivity index (χ0n) is 28.4. The van der Waals surface area contributed by atoms with E-state index < -0.39 is 28.5 Å². The molecule has 1 saturated carbocycles. The quantitative estimate of drug-likeness (QED) is 0.167. The summed E-state index contributed by atoms with van der Waals surface area (Å²) in [6.07, 6.45) is 5.25. The largest absolute Gasteiger partial charge is 0.493 e. The Bertz CT molecular complexity index is 1790. The lowest BCUT2D eigenvalue weighted by Gasteiger charge is -2.35. The van der Waals surface area contributed by atoms with Gasteiger partial charge in [-0.1, -0.05) is 97.6 Å². The maximum atomic E-state index is 14.8. The molecule has 4 aromatic carbocycles. The molecule has 0 saturated heterocycles. The maximum absolute atomic E-state index is 14.8. The fourth-order valence-electron chi connectivity index (χ4n) is 6.22. The minimum absolute atomic E-state index is 0.0255. The highest BCUT2D eigenvalue weighted by atomic mass is 32.2. The van der Waals surface area contributed by atoms with Crippen LogP contribution in [0.15, 0.2) is 108 Å². The van der Waals surface area contributed by atoms with Crippen molar-refractivity contribution < 1.29 is 27.5 Å². The van der Waals surface area contributed by atoms with E-state index in [0.29, 0.717) is 11.5 Å². The number of hydrogen-bond acceptors (Lipinski definition) is 6. The van der Waals surface area contributed by atoms with E-state index >= 15 is 0 Å². The number of anilines is 1. The first-order chi connectivity index (χ1) is 23.7. The number of sulfonamides is 1. The Morgan fingerprint density at radius 3 is 2.06 bits per heavy atom. The Kier molecular flexibility index (Phi) is 12.0. The third-order valence-corrected chi connectivity index (χ3v) is 10.7. The fourth-order valence-corrected chi connectivity index (χ4v) is 7.64. The summed E-state index contributed by atoms with van der Waals surface area (Å²) in [5.74, 6) is -0.0432. The summed E-state index contributed by atoms with van der Waals surface area (Å²) in [7, 11) is -1.29. The average Bonchev–Trinajstić information content (AvgIpc) is 3.13. The predicted octanol–water partition coefficient (Wildman–Crippen LogP) is 6.30. The topological polar surface area (TPSA) is 105 Å². The van der Waals surface area contributed by atoms with E-state index in [-0.39, 0.29) is 35.5 Å². The molecule has 2 amide bonds. The number of hydrogen-bond donors (Lipinski definition) is 1. The van der Waals surface area contributed by atoms with Crippen LogP contribution in [0, 0.1) is 6.92 Å². The molecule has 5 rings (SSSR count). The van der Waals surface area contributed by atoms with Gasteiger partial charge in [0.2, 0.25) is 11.8 Å². The van der Waals surface area contributed by atoms with Gasteiger partial charge in [-0.2, -0.15) is 0 Å². The van der Waals surface area contributed by atoms with Gasteiger partial charge in [-0.15, -0.1) is 0 Å². The van der Waals surface area contributed by atoms with E-state index in [4.69, 9.17) is 9.47 Å². The molecule has 1 N–H and O–H groups in total. The normalized spacial score (nSPS) is 14.0. The van der Waals surface area contributed by atoms with Crippen molar-refractivity contribution in [3.8, 4) is 11.5 Å². The second-order valence-electron chi connectivity index (χ2n) is 12.4. The lowest BCUT2D eigenvalue weighted by Crippen LogP contribution is -2.55. The molecular formula is C39H45N3O6S. The van der Waals surface area contributed by atoms with Crippen molar-refractivity contribution in [2.24, 2.45) is 0 Å². The van der Waals surface area contributed by atoms with E-state index in [2.05, 4.69) is 5.32 Å². The van der Waals surface area contributed by atoms with Crippen molar-refractivity contribution in [3.63, 3.8) is 0 Å².